The molecular formula is C25H30N4O5S. The van der Waals surface area contributed by atoms with E-state index in [9.17, 15) is 18.0 Å². The summed E-state index contributed by atoms with van der Waals surface area (Å²) in [6, 6.07) is 12.0. The Morgan fingerprint density at radius 2 is 1.60 bits per heavy atom. The lowest BCUT2D eigenvalue weighted by atomic mass is 10.1. The number of ether oxygens (including phenoxy) is 1. The fourth-order valence-electron chi connectivity index (χ4n) is 4.87. The normalized spacial score (nSPS) is 19.4. The zero-order valence-electron chi connectivity index (χ0n) is 19.6. The zero-order valence-corrected chi connectivity index (χ0v) is 20.4. The standard InChI is InChI=1S/C25H30N4O5S/c30-24-4-3-13-29(24)20-7-5-19(6-8-20)26-25(31)22-18-21(9-10-23(22)27-11-1-2-12-27)35(32,33)28-14-16-34-17-15-28/h5-10,18H,1-4,11-17H2,(H,26,31). The lowest BCUT2D eigenvalue weighted by molar-refractivity contribution is -0.117. The lowest BCUT2D eigenvalue weighted by Crippen LogP contribution is -2.40. The summed E-state index contributed by atoms with van der Waals surface area (Å²) in [4.78, 5) is 29.4. The number of rotatable bonds is 6. The minimum absolute atomic E-state index is 0.107. The monoisotopic (exact) mass is 498 g/mol. The molecule has 0 radical (unpaired) electrons. The highest BCUT2D eigenvalue weighted by Gasteiger charge is 2.29. The van der Waals surface area contributed by atoms with E-state index in [1.165, 1.54) is 10.4 Å². The minimum Gasteiger partial charge on any atom is -0.379 e. The van der Waals surface area contributed by atoms with Crippen LogP contribution in [0.5, 0.6) is 0 Å². The number of morpholine rings is 1. The molecule has 0 saturated carbocycles. The van der Waals surface area contributed by atoms with E-state index >= 15 is 0 Å². The Balaban J connectivity index is 1.41. The van der Waals surface area contributed by atoms with Crippen molar-refractivity contribution >= 4 is 38.9 Å². The molecule has 3 aliphatic heterocycles. The van der Waals surface area contributed by atoms with Gasteiger partial charge in [0.2, 0.25) is 15.9 Å². The average Bonchev–Trinajstić information content (AvgIpc) is 3.57. The molecule has 0 aliphatic carbocycles. The van der Waals surface area contributed by atoms with Crippen molar-refractivity contribution in [1.82, 2.24) is 4.31 Å². The van der Waals surface area contributed by atoms with E-state index in [1.807, 2.05) is 12.1 Å². The van der Waals surface area contributed by atoms with Gasteiger partial charge in [0, 0.05) is 56.2 Å². The number of benzene rings is 2. The van der Waals surface area contributed by atoms with Crippen LogP contribution in [0.3, 0.4) is 0 Å². The van der Waals surface area contributed by atoms with Gasteiger partial charge in [-0.25, -0.2) is 8.42 Å². The van der Waals surface area contributed by atoms with E-state index < -0.39 is 10.0 Å². The fraction of sp³-hybridized carbons (Fsp3) is 0.440. The lowest BCUT2D eigenvalue weighted by Gasteiger charge is -2.27. The van der Waals surface area contributed by atoms with Gasteiger partial charge in [0.1, 0.15) is 0 Å². The molecule has 1 N–H and O–H groups in total. The molecule has 2 amide bonds. The van der Waals surface area contributed by atoms with Crippen molar-refractivity contribution in [2.45, 2.75) is 30.6 Å². The first-order chi connectivity index (χ1) is 16.9. The highest BCUT2D eigenvalue weighted by molar-refractivity contribution is 7.89. The second-order valence-corrected chi connectivity index (χ2v) is 11.0. The van der Waals surface area contributed by atoms with Gasteiger partial charge in [-0.15, -0.1) is 0 Å². The number of carbonyl (C=O) groups excluding carboxylic acids is 2. The van der Waals surface area contributed by atoms with Gasteiger partial charge in [-0.1, -0.05) is 0 Å². The third-order valence-electron chi connectivity index (χ3n) is 6.78. The Bertz CT molecular complexity index is 1200. The first-order valence-electron chi connectivity index (χ1n) is 12.1. The van der Waals surface area contributed by atoms with Crippen LogP contribution in [0, 0.1) is 0 Å². The van der Waals surface area contributed by atoms with Gasteiger partial charge in [0.15, 0.2) is 0 Å². The molecule has 3 aliphatic rings. The van der Waals surface area contributed by atoms with Crippen molar-refractivity contribution in [3.05, 3.63) is 48.0 Å². The summed E-state index contributed by atoms with van der Waals surface area (Å²) in [5.41, 5.74) is 2.46. The molecule has 2 aromatic carbocycles. The van der Waals surface area contributed by atoms with E-state index in [0.29, 0.717) is 50.5 Å². The summed E-state index contributed by atoms with van der Waals surface area (Å²) >= 11 is 0. The van der Waals surface area contributed by atoms with Crippen molar-refractivity contribution < 1.29 is 22.7 Å². The molecule has 0 atom stereocenters. The van der Waals surface area contributed by atoms with Crippen LogP contribution >= 0.6 is 0 Å². The molecule has 0 aromatic heterocycles. The third kappa shape index (κ3) is 4.91. The van der Waals surface area contributed by atoms with E-state index in [1.54, 1.807) is 29.2 Å². The fourth-order valence-corrected chi connectivity index (χ4v) is 6.31. The summed E-state index contributed by atoms with van der Waals surface area (Å²) in [5, 5.41) is 2.91. The molecule has 3 fully saturated rings. The summed E-state index contributed by atoms with van der Waals surface area (Å²) in [6.07, 6.45) is 3.47. The number of carbonyl (C=O) groups is 2. The van der Waals surface area contributed by atoms with E-state index in [2.05, 4.69) is 10.2 Å². The average molecular weight is 499 g/mol. The third-order valence-corrected chi connectivity index (χ3v) is 8.67. The Morgan fingerprint density at radius 3 is 2.26 bits per heavy atom. The molecule has 10 heteroatoms. The highest BCUT2D eigenvalue weighted by Crippen LogP contribution is 2.30. The summed E-state index contributed by atoms with van der Waals surface area (Å²) in [6.45, 7) is 3.67. The van der Waals surface area contributed by atoms with Crippen LogP contribution < -0.4 is 15.1 Å². The second-order valence-electron chi connectivity index (χ2n) is 9.04. The van der Waals surface area contributed by atoms with Crippen molar-refractivity contribution in [3.8, 4) is 0 Å². The molecule has 0 spiro atoms. The number of amides is 2. The summed E-state index contributed by atoms with van der Waals surface area (Å²) in [7, 11) is -3.73. The maximum Gasteiger partial charge on any atom is 0.257 e. The first kappa shape index (κ1) is 23.8. The molecule has 186 valence electrons. The highest BCUT2D eigenvalue weighted by atomic mass is 32.2. The number of anilines is 3. The van der Waals surface area contributed by atoms with Crippen molar-refractivity contribution in [1.29, 1.82) is 0 Å². The van der Waals surface area contributed by atoms with Crippen LogP contribution in [0.2, 0.25) is 0 Å². The van der Waals surface area contributed by atoms with Crippen LogP contribution in [0.15, 0.2) is 47.4 Å². The van der Waals surface area contributed by atoms with Gasteiger partial charge in [-0.3, -0.25) is 9.59 Å². The topological polar surface area (TPSA) is 99.3 Å². The molecule has 2 aromatic rings. The number of sulfonamides is 1. The molecule has 3 saturated heterocycles. The van der Waals surface area contributed by atoms with E-state index in [-0.39, 0.29) is 16.7 Å². The number of nitrogens with one attached hydrogen (secondary N) is 1. The van der Waals surface area contributed by atoms with Crippen LogP contribution in [0.25, 0.3) is 0 Å². The Hall–Kier alpha value is -2.95. The van der Waals surface area contributed by atoms with Crippen LogP contribution in [-0.4, -0.2) is 70.5 Å². The predicted molar refractivity (Wildman–Crippen MR) is 133 cm³/mol. The van der Waals surface area contributed by atoms with Gasteiger partial charge in [-0.2, -0.15) is 4.31 Å². The maximum absolute atomic E-state index is 13.4. The molecule has 5 rings (SSSR count). The molecule has 35 heavy (non-hydrogen) atoms. The molecule has 0 bridgehead atoms. The molecular weight excluding hydrogens is 468 g/mol. The Morgan fingerprint density at radius 1 is 0.886 bits per heavy atom. The largest absolute Gasteiger partial charge is 0.379 e. The smallest absolute Gasteiger partial charge is 0.257 e. The number of hydrogen-bond acceptors (Lipinski definition) is 6. The molecule has 9 nitrogen and oxygen atoms in total. The predicted octanol–water partition coefficient (Wildman–Crippen LogP) is 2.69. The van der Waals surface area contributed by atoms with Crippen LogP contribution in [0.4, 0.5) is 17.1 Å². The maximum atomic E-state index is 13.4. The second kappa shape index (κ2) is 9.96. The summed E-state index contributed by atoms with van der Waals surface area (Å²) < 4.78 is 33.2. The Kier molecular flexibility index (Phi) is 6.77. The number of hydrogen-bond donors (Lipinski definition) is 1. The van der Waals surface area contributed by atoms with Gasteiger partial charge < -0.3 is 19.9 Å². The van der Waals surface area contributed by atoms with Crippen molar-refractivity contribution in [2.24, 2.45) is 0 Å². The van der Waals surface area contributed by atoms with Gasteiger partial charge in [0.25, 0.3) is 5.91 Å². The van der Waals surface area contributed by atoms with Crippen molar-refractivity contribution in [3.63, 3.8) is 0 Å². The van der Waals surface area contributed by atoms with E-state index in [4.69, 9.17) is 4.74 Å². The minimum atomic E-state index is -3.73. The van der Waals surface area contributed by atoms with Gasteiger partial charge >= 0.3 is 0 Å². The summed E-state index contributed by atoms with van der Waals surface area (Å²) in [5.74, 6) is -0.258. The van der Waals surface area contributed by atoms with Crippen LogP contribution in [-0.2, 0) is 19.6 Å². The zero-order chi connectivity index (χ0) is 24.4. The first-order valence-corrected chi connectivity index (χ1v) is 13.6. The van der Waals surface area contributed by atoms with Gasteiger partial charge in [0.05, 0.1) is 23.7 Å². The van der Waals surface area contributed by atoms with Crippen LogP contribution in [0.1, 0.15) is 36.0 Å². The quantitative estimate of drug-likeness (QED) is 0.658. The molecule has 0 unspecified atom stereocenters. The van der Waals surface area contributed by atoms with Gasteiger partial charge in [-0.05, 0) is 61.7 Å². The SMILES string of the molecule is O=C(Nc1ccc(N2CCCC2=O)cc1)c1cc(S(=O)(=O)N2CCOCC2)ccc1N1CCCC1. The van der Waals surface area contributed by atoms with Crippen molar-refractivity contribution in [2.75, 3.05) is 61.1 Å². The molecule has 3 heterocycles. The number of nitrogens with zero attached hydrogens (tertiary/aromatic N) is 3. The Labute approximate surface area is 205 Å². The van der Waals surface area contributed by atoms with E-state index in [0.717, 1.165) is 43.7 Å².